The maximum absolute atomic E-state index is 12.6. The van der Waals surface area contributed by atoms with Gasteiger partial charge in [0.1, 0.15) is 0 Å². The molecule has 1 aromatic rings. The molecule has 1 amide bonds. The summed E-state index contributed by atoms with van der Waals surface area (Å²) in [7, 11) is 0. The van der Waals surface area contributed by atoms with E-state index in [1.807, 2.05) is 24.3 Å². The van der Waals surface area contributed by atoms with Crippen molar-refractivity contribution in [1.29, 1.82) is 0 Å². The first kappa shape index (κ1) is 14.5. The summed E-state index contributed by atoms with van der Waals surface area (Å²) >= 11 is 0. The van der Waals surface area contributed by atoms with Crippen LogP contribution in [-0.4, -0.2) is 23.2 Å². The third kappa shape index (κ3) is 2.97. The van der Waals surface area contributed by atoms with Gasteiger partial charge >= 0.3 is 0 Å². The maximum atomic E-state index is 12.6. The average molecular weight is 288 g/mol. The first-order valence-electron chi connectivity index (χ1n) is 7.98. The van der Waals surface area contributed by atoms with E-state index in [9.17, 15) is 9.90 Å². The van der Waals surface area contributed by atoms with Crippen LogP contribution >= 0.6 is 0 Å². The van der Waals surface area contributed by atoms with Crippen molar-refractivity contribution in [2.45, 2.75) is 56.7 Å². The van der Waals surface area contributed by atoms with Crippen molar-refractivity contribution in [1.82, 2.24) is 5.32 Å². The second-order valence-corrected chi connectivity index (χ2v) is 6.36. The van der Waals surface area contributed by atoms with Crippen molar-refractivity contribution in [2.24, 2.45) is 11.7 Å². The summed E-state index contributed by atoms with van der Waals surface area (Å²) in [4.78, 5) is 12.6. The number of benzene rings is 1. The van der Waals surface area contributed by atoms with Crippen LogP contribution in [0.15, 0.2) is 24.3 Å². The highest BCUT2D eigenvalue weighted by atomic mass is 16.3. The monoisotopic (exact) mass is 288 g/mol. The molecular weight excluding hydrogens is 264 g/mol. The van der Waals surface area contributed by atoms with E-state index in [1.165, 1.54) is 0 Å². The van der Waals surface area contributed by atoms with Gasteiger partial charge in [-0.05, 0) is 24.0 Å². The van der Waals surface area contributed by atoms with Gasteiger partial charge in [-0.1, -0.05) is 43.5 Å². The number of carbonyl (C=O) groups is 1. The highest BCUT2D eigenvalue weighted by Crippen LogP contribution is 2.32. The Labute approximate surface area is 125 Å². The van der Waals surface area contributed by atoms with Crippen molar-refractivity contribution in [2.75, 3.05) is 0 Å². The molecular formula is C17H24N2O2. The number of rotatable bonds is 2. The lowest BCUT2D eigenvalue weighted by atomic mass is 9.94. The highest BCUT2D eigenvalue weighted by molar-refractivity contribution is 5.80. The Kier molecular flexibility index (Phi) is 4.27. The fourth-order valence-corrected chi connectivity index (χ4v) is 3.67. The minimum absolute atomic E-state index is 0.00477. The summed E-state index contributed by atoms with van der Waals surface area (Å²) in [6.45, 7) is 0. The predicted molar refractivity (Wildman–Crippen MR) is 81.6 cm³/mol. The summed E-state index contributed by atoms with van der Waals surface area (Å²) in [5, 5.41) is 13.3. The van der Waals surface area contributed by atoms with Gasteiger partial charge in [-0.25, -0.2) is 0 Å². The Hall–Kier alpha value is -1.39. The molecule has 0 saturated heterocycles. The molecule has 21 heavy (non-hydrogen) atoms. The normalized spacial score (nSPS) is 32.3. The van der Waals surface area contributed by atoms with E-state index in [2.05, 4.69) is 5.32 Å². The van der Waals surface area contributed by atoms with Gasteiger partial charge in [0.05, 0.1) is 18.1 Å². The summed E-state index contributed by atoms with van der Waals surface area (Å²) in [6, 6.07) is 7.58. The number of hydrogen-bond donors (Lipinski definition) is 3. The van der Waals surface area contributed by atoms with E-state index < -0.39 is 6.10 Å². The standard InChI is InChI=1S/C17H24N2O2/c18-14-9-3-1-2-8-13(14)17(21)19-16-12-7-5-4-6-11(12)10-15(16)20/h4-7,13-16,20H,1-3,8-10,18H2,(H,19,21)/t13?,14?,15-,16+/m1/s1. The fourth-order valence-electron chi connectivity index (χ4n) is 3.67. The van der Waals surface area contributed by atoms with Crippen LogP contribution in [0.3, 0.4) is 0 Å². The molecule has 4 atom stereocenters. The third-order valence-corrected chi connectivity index (χ3v) is 4.91. The molecule has 0 heterocycles. The second kappa shape index (κ2) is 6.16. The lowest BCUT2D eigenvalue weighted by Crippen LogP contribution is -2.44. The number of aliphatic hydroxyl groups is 1. The molecule has 0 bridgehead atoms. The summed E-state index contributed by atoms with van der Waals surface area (Å²) in [5.74, 6) is -0.113. The Bertz CT molecular complexity index is 517. The van der Waals surface area contributed by atoms with Crippen molar-refractivity contribution in [3.63, 3.8) is 0 Å². The van der Waals surface area contributed by atoms with Crippen LogP contribution in [0.5, 0.6) is 0 Å². The van der Waals surface area contributed by atoms with E-state index in [0.29, 0.717) is 6.42 Å². The predicted octanol–water partition coefficient (Wildman–Crippen LogP) is 1.67. The van der Waals surface area contributed by atoms with Crippen molar-refractivity contribution >= 4 is 5.91 Å². The molecule has 0 aliphatic heterocycles. The quantitative estimate of drug-likeness (QED) is 0.725. The van der Waals surface area contributed by atoms with Crippen molar-refractivity contribution < 1.29 is 9.90 Å². The zero-order valence-electron chi connectivity index (χ0n) is 12.3. The number of nitrogens with one attached hydrogen (secondary N) is 1. The van der Waals surface area contributed by atoms with Crippen LogP contribution in [-0.2, 0) is 11.2 Å². The topological polar surface area (TPSA) is 75.4 Å². The fraction of sp³-hybridized carbons (Fsp3) is 0.588. The van der Waals surface area contributed by atoms with Crippen LogP contribution in [0.2, 0.25) is 0 Å². The van der Waals surface area contributed by atoms with Crippen LogP contribution in [0.4, 0.5) is 0 Å². The number of carbonyl (C=O) groups excluding carboxylic acids is 1. The molecule has 2 unspecified atom stereocenters. The highest BCUT2D eigenvalue weighted by Gasteiger charge is 2.35. The molecule has 4 heteroatoms. The summed E-state index contributed by atoms with van der Waals surface area (Å²) in [6.07, 6.45) is 5.19. The third-order valence-electron chi connectivity index (χ3n) is 4.91. The molecule has 3 rings (SSSR count). The van der Waals surface area contributed by atoms with Gasteiger partial charge in [-0.15, -0.1) is 0 Å². The zero-order chi connectivity index (χ0) is 14.8. The Balaban J connectivity index is 1.72. The maximum Gasteiger partial charge on any atom is 0.225 e. The van der Waals surface area contributed by atoms with Crippen LogP contribution in [0.1, 0.15) is 49.3 Å². The van der Waals surface area contributed by atoms with E-state index in [4.69, 9.17) is 5.73 Å². The second-order valence-electron chi connectivity index (χ2n) is 6.36. The van der Waals surface area contributed by atoms with Gasteiger partial charge in [0.2, 0.25) is 5.91 Å². The van der Waals surface area contributed by atoms with Gasteiger partial charge in [0.25, 0.3) is 0 Å². The number of amides is 1. The molecule has 114 valence electrons. The van der Waals surface area contributed by atoms with E-state index in [1.54, 1.807) is 0 Å². The SMILES string of the molecule is NC1CCCCCC1C(=O)N[C@H]1c2ccccc2C[C@H]1O. The van der Waals surface area contributed by atoms with Gasteiger partial charge < -0.3 is 16.2 Å². The van der Waals surface area contributed by atoms with E-state index in [0.717, 1.165) is 43.2 Å². The van der Waals surface area contributed by atoms with Crippen LogP contribution in [0, 0.1) is 5.92 Å². The molecule has 1 saturated carbocycles. The van der Waals surface area contributed by atoms with Gasteiger partial charge in [-0.2, -0.15) is 0 Å². The lowest BCUT2D eigenvalue weighted by Gasteiger charge is -2.25. The minimum Gasteiger partial charge on any atom is -0.390 e. The van der Waals surface area contributed by atoms with Gasteiger partial charge in [-0.3, -0.25) is 4.79 Å². The average Bonchev–Trinajstić information content (AvgIpc) is 2.64. The number of nitrogens with two attached hydrogens (primary N) is 1. The molecule has 4 nitrogen and oxygen atoms in total. The molecule has 0 radical (unpaired) electrons. The molecule has 0 spiro atoms. The summed E-state index contributed by atoms with van der Waals surface area (Å²) in [5.41, 5.74) is 8.33. The summed E-state index contributed by atoms with van der Waals surface area (Å²) < 4.78 is 0. The largest absolute Gasteiger partial charge is 0.390 e. The molecule has 0 aromatic heterocycles. The minimum atomic E-state index is -0.534. The first-order valence-corrected chi connectivity index (χ1v) is 7.98. The smallest absolute Gasteiger partial charge is 0.225 e. The van der Waals surface area contributed by atoms with E-state index >= 15 is 0 Å². The number of aliphatic hydroxyl groups excluding tert-OH is 1. The van der Waals surface area contributed by atoms with Gasteiger partial charge in [0.15, 0.2) is 0 Å². The number of fused-ring (bicyclic) bond motifs is 1. The van der Waals surface area contributed by atoms with Gasteiger partial charge in [0, 0.05) is 12.5 Å². The van der Waals surface area contributed by atoms with Crippen LogP contribution < -0.4 is 11.1 Å². The molecule has 2 aliphatic carbocycles. The van der Waals surface area contributed by atoms with E-state index in [-0.39, 0.29) is 23.9 Å². The lowest BCUT2D eigenvalue weighted by molar-refractivity contribution is -0.127. The molecule has 2 aliphatic rings. The first-order chi connectivity index (χ1) is 10.2. The zero-order valence-corrected chi connectivity index (χ0v) is 12.3. The Morgan fingerprint density at radius 2 is 1.95 bits per heavy atom. The van der Waals surface area contributed by atoms with Crippen molar-refractivity contribution in [3.8, 4) is 0 Å². The van der Waals surface area contributed by atoms with Crippen LogP contribution in [0.25, 0.3) is 0 Å². The Morgan fingerprint density at radius 3 is 2.81 bits per heavy atom. The molecule has 1 fully saturated rings. The number of hydrogen-bond acceptors (Lipinski definition) is 3. The Morgan fingerprint density at radius 1 is 1.19 bits per heavy atom. The molecule has 4 N–H and O–H groups in total. The molecule has 1 aromatic carbocycles. The van der Waals surface area contributed by atoms with Crippen molar-refractivity contribution in [3.05, 3.63) is 35.4 Å².